The minimum atomic E-state index is -0.434. The maximum Gasteiger partial charge on any atom is 0.337 e. The van der Waals surface area contributed by atoms with Crippen LogP contribution in [-0.2, 0) is 9.53 Å². The van der Waals surface area contributed by atoms with E-state index in [1.165, 1.54) is 14.0 Å². The van der Waals surface area contributed by atoms with Crippen molar-refractivity contribution in [2.75, 3.05) is 7.11 Å². The molecule has 1 aromatic carbocycles. The Hall–Kier alpha value is -2.43. The van der Waals surface area contributed by atoms with Crippen molar-refractivity contribution < 1.29 is 14.3 Å². The number of benzene rings is 1. The minimum absolute atomic E-state index is 0.0388. The fourth-order valence-corrected chi connectivity index (χ4v) is 1.86. The molecule has 0 spiro atoms. The number of carbonyl (C=O) groups excluding carboxylic acids is 2. The predicted molar refractivity (Wildman–Crippen MR) is 72.3 cm³/mol. The number of nitrogens with two attached hydrogens (primary N) is 1. The monoisotopic (exact) mass is 258 g/mol. The first kappa shape index (κ1) is 13.0. The first-order chi connectivity index (χ1) is 9.01. The molecule has 2 rings (SSSR count). The van der Waals surface area contributed by atoms with Crippen LogP contribution in [0, 0.1) is 0 Å². The van der Waals surface area contributed by atoms with E-state index >= 15 is 0 Å². The summed E-state index contributed by atoms with van der Waals surface area (Å²) >= 11 is 0. The summed E-state index contributed by atoms with van der Waals surface area (Å²) in [7, 11) is 1.32. The molecule has 0 aliphatic carbocycles. The summed E-state index contributed by atoms with van der Waals surface area (Å²) in [4.78, 5) is 27.2. The number of nitrogens with zero attached hydrogens (tertiary/aromatic N) is 1. The molecule has 1 aromatic rings. The van der Waals surface area contributed by atoms with Crippen LogP contribution in [0.1, 0.15) is 29.3 Å². The van der Waals surface area contributed by atoms with Gasteiger partial charge in [0, 0.05) is 17.6 Å². The molecule has 0 amide bonds. The van der Waals surface area contributed by atoms with Crippen molar-refractivity contribution in [1.82, 2.24) is 0 Å². The Morgan fingerprint density at radius 1 is 1.37 bits per heavy atom. The third-order valence-electron chi connectivity index (χ3n) is 2.87. The van der Waals surface area contributed by atoms with E-state index in [0.29, 0.717) is 29.1 Å². The number of amidine groups is 1. The normalized spacial score (nSPS) is 13.8. The predicted octanol–water partition coefficient (Wildman–Crippen LogP) is 1.84. The fourth-order valence-electron chi connectivity index (χ4n) is 1.86. The molecule has 5 heteroatoms. The third-order valence-corrected chi connectivity index (χ3v) is 2.87. The lowest BCUT2D eigenvalue weighted by Gasteiger charge is -2.03. The van der Waals surface area contributed by atoms with Crippen molar-refractivity contribution in [3.63, 3.8) is 0 Å². The van der Waals surface area contributed by atoms with E-state index in [1.54, 1.807) is 24.3 Å². The van der Waals surface area contributed by atoms with Gasteiger partial charge in [-0.25, -0.2) is 9.79 Å². The molecule has 0 bridgehead atoms. The molecule has 0 unspecified atom stereocenters. The lowest BCUT2D eigenvalue weighted by atomic mass is 10.0. The van der Waals surface area contributed by atoms with Crippen molar-refractivity contribution in [1.29, 1.82) is 0 Å². The van der Waals surface area contributed by atoms with Crippen molar-refractivity contribution in [3.8, 4) is 0 Å². The highest BCUT2D eigenvalue weighted by Crippen LogP contribution is 2.28. The van der Waals surface area contributed by atoms with E-state index in [4.69, 9.17) is 5.73 Å². The number of hydrogen-bond donors (Lipinski definition) is 1. The number of ether oxygens (including phenoxy) is 1. The molecule has 1 heterocycles. The van der Waals surface area contributed by atoms with E-state index in [-0.39, 0.29) is 5.78 Å². The van der Waals surface area contributed by atoms with Gasteiger partial charge in [-0.2, -0.15) is 0 Å². The first-order valence-corrected chi connectivity index (χ1v) is 5.78. The largest absolute Gasteiger partial charge is 0.465 e. The maximum atomic E-state index is 11.5. The van der Waals surface area contributed by atoms with Crippen LogP contribution in [0.3, 0.4) is 0 Å². The van der Waals surface area contributed by atoms with Crippen LogP contribution in [0.25, 0.3) is 6.08 Å². The molecule has 5 nitrogen and oxygen atoms in total. The van der Waals surface area contributed by atoms with E-state index in [1.807, 2.05) is 0 Å². The summed E-state index contributed by atoms with van der Waals surface area (Å²) in [6.45, 7) is 1.49. The van der Waals surface area contributed by atoms with E-state index in [0.717, 1.165) is 5.56 Å². The minimum Gasteiger partial charge on any atom is -0.465 e. The molecule has 0 aromatic heterocycles. The molecular weight excluding hydrogens is 244 g/mol. The molecule has 1 aliphatic heterocycles. The molecule has 0 saturated carbocycles. The van der Waals surface area contributed by atoms with Gasteiger partial charge in [-0.15, -0.1) is 0 Å². The third kappa shape index (κ3) is 2.70. The van der Waals surface area contributed by atoms with Gasteiger partial charge in [-0.3, -0.25) is 4.79 Å². The second-order valence-electron chi connectivity index (χ2n) is 4.27. The summed E-state index contributed by atoms with van der Waals surface area (Å²) < 4.78 is 4.66. The van der Waals surface area contributed by atoms with Gasteiger partial charge in [-0.05, 0) is 25.1 Å². The number of methoxy groups -OCH3 is 1. The van der Waals surface area contributed by atoms with E-state index < -0.39 is 5.97 Å². The molecule has 0 atom stereocenters. The van der Waals surface area contributed by atoms with Crippen LogP contribution in [0.4, 0.5) is 5.69 Å². The highest BCUT2D eigenvalue weighted by molar-refractivity contribution is 6.05. The number of Topliss-reactive ketones (excluding diaryl/α,β-unsaturated/α-hetero) is 1. The van der Waals surface area contributed by atoms with Gasteiger partial charge in [0.2, 0.25) is 0 Å². The Bertz CT molecular complexity index is 615. The Morgan fingerprint density at radius 2 is 2.11 bits per heavy atom. The number of hydrogen-bond acceptors (Lipinski definition) is 5. The van der Waals surface area contributed by atoms with Crippen molar-refractivity contribution >= 4 is 29.4 Å². The summed E-state index contributed by atoms with van der Waals surface area (Å²) in [6, 6.07) is 4.97. The lowest BCUT2D eigenvalue weighted by Crippen LogP contribution is -2.13. The molecule has 1 aliphatic rings. The summed E-state index contributed by atoms with van der Waals surface area (Å²) in [5.74, 6) is -0.123. The standard InChI is InChI=1S/C14H14N2O3/c1-8(17)11-5-9-3-4-10(14(18)19-2)6-12(9)16-13(15)7-11/h3-6H,7H2,1-2H3,(H2,15,16). The summed E-state index contributed by atoms with van der Waals surface area (Å²) in [5, 5.41) is 0. The van der Waals surface area contributed by atoms with Gasteiger partial charge in [0.25, 0.3) is 0 Å². The Labute approximate surface area is 110 Å². The number of rotatable bonds is 2. The second kappa shape index (κ2) is 5.06. The van der Waals surface area contributed by atoms with E-state index in [2.05, 4.69) is 9.73 Å². The topological polar surface area (TPSA) is 81.8 Å². The van der Waals surface area contributed by atoms with E-state index in [9.17, 15) is 9.59 Å². The zero-order valence-electron chi connectivity index (χ0n) is 10.8. The second-order valence-corrected chi connectivity index (χ2v) is 4.27. The van der Waals surface area contributed by atoms with Crippen LogP contribution < -0.4 is 5.73 Å². The van der Waals surface area contributed by atoms with Gasteiger partial charge in [0.05, 0.1) is 18.4 Å². The van der Waals surface area contributed by atoms with Gasteiger partial charge < -0.3 is 10.5 Å². The number of fused-ring (bicyclic) bond motifs is 1. The van der Waals surface area contributed by atoms with Crippen molar-refractivity contribution in [3.05, 3.63) is 34.9 Å². The Kier molecular flexibility index (Phi) is 3.46. The highest BCUT2D eigenvalue weighted by Gasteiger charge is 2.15. The number of esters is 1. The van der Waals surface area contributed by atoms with Crippen LogP contribution in [0.15, 0.2) is 28.8 Å². The van der Waals surface area contributed by atoms with Gasteiger partial charge in [-0.1, -0.05) is 6.07 Å². The maximum absolute atomic E-state index is 11.5. The molecule has 98 valence electrons. The summed E-state index contributed by atoms with van der Waals surface area (Å²) in [6.07, 6.45) is 2.07. The quantitative estimate of drug-likeness (QED) is 0.820. The van der Waals surface area contributed by atoms with Gasteiger partial charge >= 0.3 is 5.97 Å². The molecule has 0 fully saturated rings. The number of ketones is 1. The SMILES string of the molecule is COC(=O)c1ccc2c(c1)N=C(N)CC(C(C)=O)=C2. The Balaban J connectivity index is 2.54. The zero-order chi connectivity index (χ0) is 14.0. The average molecular weight is 258 g/mol. The summed E-state index contributed by atoms with van der Waals surface area (Å²) in [5.41, 5.74) is 8.11. The van der Waals surface area contributed by atoms with Crippen molar-refractivity contribution in [2.45, 2.75) is 13.3 Å². The highest BCUT2D eigenvalue weighted by atomic mass is 16.5. The van der Waals surface area contributed by atoms with Gasteiger partial charge in [0.1, 0.15) is 5.84 Å². The van der Waals surface area contributed by atoms with Crippen LogP contribution in [0.5, 0.6) is 0 Å². The molecule has 0 saturated heterocycles. The molecule has 2 N–H and O–H groups in total. The first-order valence-electron chi connectivity index (χ1n) is 5.78. The smallest absolute Gasteiger partial charge is 0.337 e. The number of aliphatic imine (C=N–C) groups is 1. The van der Waals surface area contributed by atoms with Crippen LogP contribution in [0.2, 0.25) is 0 Å². The lowest BCUT2D eigenvalue weighted by molar-refractivity contribution is -0.113. The molecular formula is C14H14N2O3. The molecule has 0 radical (unpaired) electrons. The fraction of sp³-hybridized carbons (Fsp3) is 0.214. The van der Waals surface area contributed by atoms with Crippen LogP contribution in [-0.4, -0.2) is 24.7 Å². The average Bonchev–Trinajstić information content (AvgIpc) is 2.54. The Morgan fingerprint density at radius 3 is 2.74 bits per heavy atom. The van der Waals surface area contributed by atoms with Crippen molar-refractivity contribution in [2.24, 2.45) is 10.7 Å². The van der Waals surface area contributed by atoms with Gasteiger partial charge in [0.15, 0.2) is 5.78 Å². The molecule has 19 heavy (non-hydrogen) atoms. The zero-order valence-corrected chi connectivity index (χ0v) is 10.8. The van der Waals surface area contributed by atoms with Crippen LogP contribution >= 0.6 is 0 Å². The number of carbonyl (C=O) groups is 2.